The maximum absolute atomic E-state index is 7.34. The Balaban J connectivity index is 3.22. The van der Waals surface area contributed by atoms with Gasteiger partial charge in [-0.25, -0.2) is 0 Å². The van der Waals surface area contributed by atoms with E-state index in [0.29, 0.717) is 5.31 Å². The largest absolute Gasteiger partial charge is 0.391 e. The monoisotopic (exact) mass is 104 g/mol. The summed E-state index contributed by atoms with van der Waals surface area (Å²) >= 11 is 0. The van der Waals surface area contributed by atoms with Crippen molar-refractivity contribution in [3.63, 3.8) is 0 Å². The number of nitrogens with one attached hydrogen (secondary N) is 1. The summed E-state index contributed by atoms with van der Waals surface area (Å²) in [5.41, 5.74) is 5.25. The molecule has 0 fully saturated rings. The van der Waals surface area contributed by atoms with E-state index in [2.05, 4.69) is 0 Å². The summed E-state index contributed by atoms with van der Waals surface area (Å²) in [7, 11) is 0. The lowest BCUT2D eigenvalue weighted by molar-refractivity contribution is 0.649. The molecule has 1 heterocycles. The summed E-state index contributed by atoms with van der Waals surface area (Å²) < 4.78 is 43.6. The minimum absolute atomic E-state index is 0.326. The maximum atomic E-state index is 7.34. The molecule has 40 valence electrons. The lowest BCUT2D eigenvalue weighted by Gasteiger charge is -2.10. The van der Waals surface area contributed by atoms with Crippen LogP contribution in [-0.2, 0) is 0 Å². The fraction of sp³-hybridized carbons (Fsp3) is 0.600. The van der Waals surface area contributed by atoms with Crippen molar-refractivity contribution < 1.29 is 8.27 Å². The summed E-state index contributed by atoms with van der Waals surface area (Å²) in [5.74, 6) is 0. The predicted molar refractivity (Wildman–Crippen MR) is 29.7 cm³/mol. The van der Waals surface area contributed by atoms with E-state index < -0.39 is 18.9 Å². The first-order valence-corrected chi connectivity index (χ1v) is 1.89. The van der Waals surface area contributed by atoms with E-state index in [-0.39, 0.29) is 0 Å². The zero-order valence-electron chi connectivity index (χ0n) is 9.68. The quantitative estimate of drug-likeness (QED) is 0.447. The number of hydrogen-bond donors (Lipinski definition) is 2. The second kappa shape index (κ2) is 1.98. The molecule has 0 bridgehead atoms. The molecule has 0 saturated carbocycles. The van der Waals surface area contributed by atoms with Gasteiger partial charge in [-0.3, -0.25) is 0 Å². The van der Waals surface area contributed by atoms with E-state index >= 15 is 0 Å². The van der Waals surface area contributed by atoms with Crippen molar-refractivity contribution in [2.24, 2.45) is 5.73 Å². The maximum Gasteiger partial charge on any atom is 0.159 e. The standard InChI is InChI=1S/C5H10N2/c6-5-1-3-7-4-2-5/h1,3,5,7H,2,4,6H2/i2D2,4D2,5D/hD. The van der Waals surface area contributed by atoms with Gasteiger partial charge >= 0.3 is 0 Å². The Kier molecular flexibility index (Phi) is 0.356. The van der Waals surface area contributed by atoms with Crippen molar-refractivity contribution in [3.8, 4) is 0 Å². The summed E-state index contributed by atoms with van der Waals surface area (Å²) in [6.45, 7) is -2.60. The van der Waals surface area contributed by atoms with Crippen LogP contribution < -0.4 is 11.0 Å². The van der Waals surface area contributed by atoms with Crippen LogP contribution in [0.3, 0.4) is 0 Å². The molecule has 1 aliphatic heterocycles. The summed E-state index contributed by atoms with van der Waals surface area (Å²) in [6, 6.07) is -2.14. The molecule has 0 spiro atoms. The molecule has 0 saturated heterocycles. The van der Waals surface area contributed by atoms with Gasteiger partial charge in [-0.1, -0.05) is 6.08 Å². The third kappa shape index (κ3) is 1.20. The molecule has 1 unspecified atom stereocenters. The van der Waals surface area contributed by atoms with Crippen LogP contribution in [0.5, 0.6) is 0 Å². The van der Waals surface area contributed by atoms with Gasteiger partial charge in [0.1, 0.15) is 0 Å². The molecule has 0 aromatic rings. The highest BCUT2D eigenvalue weighted by molar-refractivity contribution is 4.94. The van der Waals surface area contributed by atoms with Crippen LogP contribution in [0.1, 0.15) is 13.2 Å². The molecule has 0 radical (unpaired) electrons. The Morgan fingerprint density at radius 3 is 3.86 bits per heavy atom. The van der Waals surface area contributed by atoms with E-state index in [0.717, 1.165) is 12.3 Å². The van der Waals surface area contributed by atoms with E-state index in [1.165, 1.54) is 0 Å². The highest BCUT2D eigenvalue weighted by atomic mass is 14.9. The van der Waals surface area contributed by atoms with Gasteiger partial charge in [-0.05, 0) is 12.6 Å². The van der Waals surface area contributed by atoms with Gasteiger partial charge in [-0.2, -0.15) is 0 Å². The molecular formula is C5H10N2. The average Bonchev–Trinajstić information content (AvgIpc) is 1.97. The molecule has 3 N–H and O–H groups in total. The van der Waals surface area contributed by atoms with Crippen molar-refractivity contribution in [3.05, 3.63) is 12.3 Å². The second-order valence-corrected chi connectivity index (χ2v) is 1.14. The third-order valence-corrected chi connectivity index (χ3v) is 0.593. The van der Waals surface area contributed by atoms with Crippen LogP contribution >= 0.6 is 0 Å². The molecular weight excluding hydrogens is 88.1 g/mol. The normalized spacial score (nSPS) is 68.4. The molecule has 0 aromatic carbocycles. The van der Waals surface area contributed by atoms with Gasteiger partial charge in [0.15, 0.2) is 1.41 Å². The van der Waals surface area contributed by atoms with E-state index in [4.69, 9.17) is 14.0 Å². The molecule has 2 nitrogen and oxygen atoms in total. The van der Waals surface area contributed by atoms with Gasteiger partial charge in [0, 0.05) is 18.0 Å². The number of nitrogens with two attached hydrogens (primary N) is 1. The van der Waals surface area contributed by atoms with Crippen LogP contribution in [0.25, 0.3) is 0 Å². The molecule has 1 aliphatic rings. The molecule has 0 aliphatic carbocycles. The van der Waals surface area contributed by atoms with Crippen LogP contribution in [0.4, 0.5) is 0 Å². The Morgan fingerprint density at radius 2 is 3.14 bits per heavy atom. The molecule has 1 rings (SSSR count). The zero-order chi connectivity index (χ0) is 10.5. The van der Waals surface area contributed by atoms with Crippen molar-refractivity contribution in [1.29, 1.82) is 0 Å². The highest BCUT2D eigenvalue weighted by Gasteiger charge is 1.98. The summed E-state index contributed by atoms with van der Waals surface area (Å²) in [4.78, 5) is 0. The molecule has 1 atom stereocenters. The Hall–Kier alpha value is -0.500. The SMILES string of the molecule is [2H]N1C=CC([2H])(N)C([2H])([2H])C1([2H])[2H]. The van der Waals surface area contributed by atoms with Gasteiger partial charge in [0.05, 0.1) is 1.37 Å². The van der Waals surface area contributed by atoms with Crippen LogP contribution in [0.15, 0.2) is 12.3 Å². The van der Waals surface area contributed by atoms with Gasteiger partial charge in [-0.15, -0.1) is 0 Å². The van der Waals surface area contributed by atoms with Gasteiger partial charge < -0.3 is 11.0 Å². The highest BCUT2D eigenvalue weighted by Crippen LogP contribution is 1.91. The Bertz CT molecular complexity index is 247. The van der Waals surface area contributed by atoms with Crippen molar-refractivity contribution >= 4 is 0 Å². The fourth-order valence-electron chi connectivity index (χ4n) is 0.293. The smallest absolute Gasteiger partial charge is 0.159 e. The third-order valence-electron chi connectivity index (χ3n) is 0.593. The molecule has 2 heteroatoms. The minimum atomic E-state index is -2.63. The van der Waals surface area contributed by atoms with Crippen LogP contribution in [0, 0.1) is 0 Å². The van der Waals surface area contributed by atoms with Crippen molar-refractivity contribution in [1.82, 2.24) is 5.31 Å². The number of hydrogen-bond acceptors (Lipinski definition) is 2. The van der Waals surface area contributed by atoms with Crippen molar-refractivity contribution in [2.75, 3.05) is 6.50 Å². The zero-order valence-corrected chi connectivity index (χ0v) is 3.68. The average molecular weight is 104 g/mol. The first-order chi connectivity index (χ1) is 5.63. The summed E-state index contributed by atoms with van der Waals surface area (Å²) in [5, 5.41) is 0.326. The Morgan fingerprint density at radius 1 is 2.29 bits per heavy atom. The lowest BCUT2D eigenvalue weighted by Crippen LogP contribution is -2.27. The molecule has 0 amide bonds. The lowest BCUT2D eigenvalue weighted by atomic mass is 10.2. The van der Waals surface area contributed by atoms with Gasteiger partial charge in [0.2, 0.25) is 0 Å². The topological polar surface area (TPSA) is 38.0 Å². The summed E-state index contributed by atoms with van der Waals surface area (Å²) in [6.07, 6.45) is -0.716. The van der Waals surface area contributed by atoms with Crippen molar-refractivity contribution in [2.45, 2.75) is 12.4 Å². The predicted octanol–water partition coefficient (Wildman–Crippen LogP) is -0.179. The number of rotatable bonds is 0. The fourth-order valence-corrected chi connectivity index (χ4v) is 0.293. The first kappa shape index (κ1) is 1.26. The van der Waals surface area contributed by atoms with Crippen LogP contribution in [-0.4, -0.2) is 12.5 Å². The van der Waals surface area contributed by atoms with E-state index in [1.54, 1.807) is 0 Å². The first-order valence-electron chi connectivity index (χ1n) is 4.84. The Labute approximate surface area is 51.9 Å². The van der Waals surface area contributed by atoms with E-state index in [1.807, 2.05) is 0 Å². The van der Waals surface area contributed by atoms with Gasteiger partial charge in [0.25, 0.3) is 0 Å². The van der Waals surface area contributed by atoms with E-state index in [9.17, 15) is 0 Å². The van der Waals surface area contributed by atoms with Crippen LogP contribution in [0.2, 0.25) is 1.41 Å². The molecule has 7 heavy (non-hydrogen) atoms. The minimum Gasteiger partial charge on any atom is -0.391 e. The molecule has 0 aromatic heterocycles. The second-order valence-electron chi connectivity index (χ2n) is 1.14.